The van der Waals surface area contributed by atoms with Gasteiger partial charge in [-0.3, -0.25) is 4.79 Å². The predicted molar refractivity (Wildman–Crippen MR) is 77.2 cm³/mol. The molecule has 1 atom stereocenters. The first-order chi connectivity index (χ1) is 9.67. The number of benzene rings is 1. The smallest absolute Gasteiger partial charge is 0.313 e. The van der Waals surface area contributed by atoms with Crippen LogP contribution in [-0.2, 0) is 23.0 Å². The van der Waals surface area contributed by atoms with Gasteiger partial charge in [0.05, 0.1) is 19.6 Å². The summed E-state index contributed by atoms with van der Waals surface area (Å²) in [7, 11) is 3.72. The molecule has 0 aliphatic heterocycles. The highest BCUT2D eigenvalue weighted by Gasteiger charge is 2.34. The summed E-state index contributed by atoms with van der Waals surface area (Å²) in [6.45, 7) is 2.28. The lowest BCUT2D eigenvalue weighted by Gasteiger charge is -2.10. The number of aryl methyl sites for hydroxylation is 1. The highest BCUT2D eigenvalue weighted by Crippen LogP contribution is 2.41. The van der Waals surface area contributed by atoms with Gasteiger partial charge in [0.15, 0.2) is 0 Å². The SMILES string of the molecule is CCOC(=O)C1CCc2c1c1cc(OC)ccc1n2C. The molecule has 4 nitrogen and oxygen atoms in total. The summed E-state index contributed by atoms with van der Waals surface area (Å²) in [6.07, 6.45) is 1.76. The molecule has 1 aliphatic rings. The molecule has 0 saturated carbocycles. The maximum absolute atomic E-state index is 12.2. The molecule has 0 bridgehead atoms. The van der Waals surface area contributed by atoms with Crippen LogP contribution >= 0.6 is 0 Å². The summed E-state index contributed by atoms with van der Waals surface area (Å²) < 4.78 is 12.7. The Morgan fingerprint density at radius 3 is 2.95 bits per heavy atom. The van der Waals surface area contributed by atoms with Gasteiger partial charge in [-0.15, -0.1) is 0 Å². The average Bonchev–Trinajstić information content (AvgIpc) is 3.00. The molecule has 1 aromatic heterocycles. The summed E-state index contributed by atoms with van der Waals surface area (Å²) in [5.41, 5.74) is 3.51. The maximum atomic E-state index is 12.2. The van der Waals surface area contributed by atoms with Gasteiger partial charge in [0.25, 0.3) is 0 Å². The van der Waals surface area contributed by atoms with Crippen LogP contribution < -0.4 is 4.74 Å². The van der Waals surface area contributed by atoms with E-state index < -0.39 is 0 Å². The van der Waals surface area contributed by atoms with Crippen molar-refractivity contribution in [3.8, 4) is 5.75 Å². The molecule has 1 unspecified atom stereocenters. The van der Waals surface area contributed by atoms with Gasteiger partial charge in [-0.2, -0.15) is 0 Å². The van der Waals surface area contributed by atoms with Gasteiger partial charge in [-0.25, -0.2) is 0 Å². The van der Waals surface area contributed by atoms with Gasteiger partial charge in [0.1, 0.15) is 5.75 Å². The van der Waals surface area contributed by atoms with Gasteiger partial charge in [0.2, 0.25) is 0 Å². The van der Waals surface area contributed by atoms with Crippen molar-refractivity contribution < 1.29 is 14.3 Å². The standard InChI is InChI=1S/C16H19NO3/c1-4-20-16(18)11-6-8-14-15(11)12-9-10(19-3)5-7-13(12)17(14)2/h5,7,9,11H,4,6,8H2,1-3H3. The van der Waals surface area contributed by atoms with E-state index in [-0.39, 0.29) is 11.9 Å². The molecule has 1 aromatic carbocycles. The Hall–Kier alpha value is -1.97. The lowest BCUT2D eigenvalue weighted by molar-refractivity contribution is -0.144. The molecule has 0 spiro atoms. The molecule has 0 N–H and O–H groups in total. The zero-order valence-electron chi connectivity index (χ0n) is 12.1. The number of rotatable bonds is 3. The van der Waals surface area contributed by atoms with Crippen molar-refractivity contribution in [3.63, 3.8) is 0 Å². The van der Waals surface area contributed by atoms with Gasteiger partial charge in [0, 0.05) is 23.6 Å². The maximum Gasteiger partial charge on any atom is 0.313 e. The molecule has 2 aromatic rings. The molecular formula is C16H19NO3. The second-order valence-electron chi connectivity index (χ2n) is 5.15. The van der Waals surface area contributed by atoms with Crippen LogP contribution in [0.25, 0.3) is 10.9 Å². The van der Waals surface area contributed by atoms with E-state index in [2.05, 4.69) is 17.7 Å². The monoisotopic (exact) mass is 273 g/mol. The third-order valence-corrected chi connectivity index (χ3v) is 4.16. The van der Waals surface area contributed by atoms with E-state index in [0.717, 1.165) is 35.1 Å². The molecule has 4 heteroatoms. The van der Waals surface area contributed by atoms with E-state index in [1.807, 2.05) is 19.1 Å². The van der Waals surface area contributed by atoms with Crippen LogP contribution in [0.2, 0.25) is 0 Å². The van der Waals surface area contributed by atoms with Crippen LogP contribution in [0.15, 0.2) is 18.2 Å². The second kappa shape index (κ2) is 4.85. The van der Waals surface area contributed by atoms with Crippen molar-refractivity contribution in [2.75, 3.05) is 13.7 Å². The molecule has 0 saturated heterocycles. The lowest BCUT2D eigenvalue weighted by atomic mass is 10.00. The summed E-state index contributed by atoms with van der Waals surface area (Å²) >= 11 is 0. The highest BCUT2D eigenvalue weighted by molar-refractivity contribution is 5.93. The summed E-state index contributed by atoms with van der Waals surface area (Å²) in [5.74, 6) is 0.572. The van der Waals surface area contributed by atoms with Crippen molar-refractivity contribution >= 4 is 16.9 Å². The largest absolute Gasteiger partial charge is 0.497 e. The molecule has 0 fully saturated rings. The van der Waals surface area contributed by atoms with E-state index in [0.29, 0.717) is 6.61 Å². The number of esters is 1. The fourth-order valence-corrected chi connectivity index (χ4v) is 3.23. The number of fused-ring (bicyclic) bond motifs is 3. The fourth-order valence-electron chi connectivity index (χ4n) is 3.23. The van der Waals surface area contributed by atoms with Crippen LogP contribution in [0.4, 0.5) is 0 Å². The molecule has 106 valence electrons. The van der Waals surface area contributed by atoms with E-state index in [4.69, 9.17) is 9.47 Å². The Labute approximate surface area is 118 Å². The van der Waals surface area contributed by atoms with Crippen molar-refractivity contribution in [3.05, 3.63) is 29.5 Å². The number of carbonyl (C=O) groups excluding carboxylic acids is 1. The number of carbonyl (C=O) groups is 1. The number of nitrogens with zero attached hydrogens (tertiary/aromatic N) is 1. The molecule has 0 amide bonds. The molecule has 20 heavy (non-hydrogen) atoms. The van der Waals surface area contributed by atoms with Gasteiger partial charge < -0.3 is 14.0 Å². The first kappa shape index (κ1) is 13.0. The van der Waals surface area contributed by atoms with E-state index >= 15 is 0 Å². The van der Waals surface area contributed by atoms with Gasteiger partial charge >= 0.3 is 5.97 Å². The minimum atomic E-state index is -0.138. The molecule has 0 radical (unpaired) electrons. The van der Waals surface area contributed by atoms with Crippen molar-refractivity contribution in [2.24, 2.45) is 7.05 Å². The number of hydrogen-bond acceptors (Lipinski definition) is 3. The zero-order valence-corrected chi connectivity index (χ0v) is 12.1. The number of methoxy groups -OCH3 is 1. The zero-order chi connectivity index (χ0) is 14.3. The van der Waals surface area contributed by atoms with E-state index in [1.54, 1.807) is 7.11 Å². The Morgan fingerprint density at radius 2 is 2.25 bits per heavy atom. The Balaban J connectivity index is 2.16. The van der Waals surface area contributed by atoms with Crippen molar-refractivity contribution in [2.45, 2.75) is 25.7 Å². The van der Waals surface area contributed by atoms with Crippen LogP contribution in [0.3, 0.4) is 0 Å². The molecule has 3 rings (SSSR count). The van der Waals surface area contributed by atoms with E-state index in [1.165, 1.54) is 5.69 Å². The number of aromatic nitrogens is 1. The predicted octanol–water partition coefficient (Wildman–Crippen LogP) is 2.78. The summed E-state index contributed by atoms with van der Waals surface area (Å²) in [5, 5.41) is 1.11. The molecular weight excluding hydrogens is 254 g/mol. The normalized spacial score (nSPS) is 17.2. The van der Waals surface area contributed by atoms with Crippen LogP contribution in [0.1, 0.15) is 30.5 Å². The lowest BCUT2D eigenvalue weighted by Crippen LogP contribution is -2.13. The van der Waals surface area contributed by atoms with Crippen molar-refractivity contribution in [1.29, 1.82) is 0 Å². The van der Waals surface area contributed by atoms with Crippen molar-refractivity contribution in [1.82, 2.24) is 4.57 Å². The van der Waals surface area contributed by atoms with Crippen LogP contribution in [0, 0.1) is 0 Å². The van der Waals surface area contributed by atoms with Gasteiger partial charge in [-0.1, -0.05) is 0 Å². The first-order valence-corrected chi connectivity index (χ1v) is 6.99. The molecule has 1 heterocycles. The fraction of sp³-hybridized carbons (Fsp3) is 0.438. The second-order valence-corrected chi connectivity index (χ2v) is 5.15. The third-order valence-electron chi connectivity index (χ3n) is 4.16. The third kappa shape index (κ3) is 1.79. The van der Waals surface area contributed by atoms with E-state index in [9.17, 15) is 4.79 Å². The highest BCUT2D eigenvalue weighted by atomic mass is 16.5. The Bertz CT molecular complexity index is 672. The minimum Gasteiger partial charge on any atom is -0.497 e. The first-order valence-electron chi connectivity index (χ1n) is 6.99. The van der Waals surface area contributed by atoms with Gasteiger partial charge in [-0.05, 0) is 43.5 Å². The number of ether oxygens (including phenoxy) is 2. The Morgan fingerprint density at radius 1 is 1.45 bits per heavy atom. The molecule has 1 aliphatic carbocycles. The summed E-state index contributed by atoms with van der Waals surface area (Å²) in [4.78, 5) is 12.2. The van der Waals surface area contributed by atoms with Crippen LogP contribution in [-0.4, -0.2) is 24.3 Å². The summed E-state index contributed by atoms with van der Waals surface area (Å²) in [6, 6.07) is 6.03. The Kier molecular flexibility index (Phi) is 3.16. The minimum absolute atomic E-state index is 0.110. The average molecular weight is 273 g/mol. The number of hydrogen-bond donors (Lipinski definition) is 0. The topological polar surface area (TPSA) is 40.5 Å². The quantitative estimate of drug-likeness (QED) is 0.807. The van der Waals surface area contributed by atoms with Crippen LogP contribution in [0.5, 0.6) is 5.75 Å².